The van der Waals surface area contributed by atoms with E-state index in [1.807, 2.05) is 24.3 Å². The second-order valence-electron chi connectivity index (χ2n) is 15.6. The average molecular weight is 792 g/mol. The second kappa shape index (κ2) is 14.7. The highest BCUT2D eigenvalue weighted by molar-refractivity contribution is 6.26. The van der Waals surface area contributed by atoms with E-state index in [2.05, 4.69) is 209 Å². The molecule has 0 spiro atoms. The highest BCUT2D eigenvalue weighted by Crippen LogP contribution is 2.45. The molecule has 62 heavy (non-hydrogen) atoms. The summed E-state index contributed by atoms with van der Waals surface area (Å²) in [5.41, 5.74) is 14.1. The second-order valence-corrected chi connectivity index (χ2v) is 15.6. The topological polar surface area (TPSA) is 48.5 Å². The molecule has 0 aliphatic heterocycles. The van der Waals surface area contributed by atoms with Gasteiger partial charge in [0.1, 0.15) is 0 Å². The summed E-state index contributed by atoms with van der Waals surface area (Å²) in [6.45, 7) is 0. The van der Waals surface area contributed by atoms with Gasteiger partial charge in [0.2, 0.25) is 5.95 Å². The molecule has 0 unspecified atom stereocenters. The summed E-state index contributed by atoms with van der Waals surface area (Å²) in [6.07, 6.45) is 0. The Morgan fingerprint density at radius 3 is 1.40 bits per heavy atom. The van der Waals surface area contributed by atoms with Crippen molar-refractivity contribution in [1.82, 2.24) is 24.1 Å². The number of para-hydroxylation sites is 1. The minimum Gasteiger partial charge on any atom is -0.307 e. The van der Waals surface area contributed by atoms with Crippen LogP contribution in [0.25, 0.3) is 111 Å². The number of fused-ring (bicyclic) bond motifs is 7. The lowest BCUT2D eigenvalue weighted by Crippen LogP contribution is -2.07. The summed E-state index contributed by atoms with van der Waals surface area (Å²) >= 11 is 0. The zero-order valence-corrected chi connectivity index (χ0v) is 33.6. The first kappa shape index (κ1) is 35.5. The Balaban J connectivity index is 1.22. The molecular weight excluding hydrogens is 755 g/mol. The fraction of sp³-hybridized carbons (Fsp3) is 0. The first-order valence-electron chi connectivity index (χ1n) is 21.0. The molecule has 0 radical (unpaired) electrons. The molecule has 3 heterocycles. The Morgan fingerprint density at radius 2 is 0.758 bits per heavy atom. The summed E-state index contributed by atoms with van der Waals surface area (Å²) in [5, 5.41) is 4.58. The van der Waals surface area contributed by atoms with Crippen LogP contribution in [0, 0.1) is 0 Å². The number of aromatic nitrogens is 5. The molecule has 0 saturated carbocycles. The first-order chi connectivity index (χ1) is 30.8. The summed E-state index contributed by atoms with van der Waals surface area (Å²) in [5.74, 6) is 1.76. The number of benzene rings is 9. The van der Waals surface area contributed by atoms with Gasteiger partial charge in [-0.05, 0) is 57.6 Å². The van der Waals surface area contributed by atoms with Crippen LogP contribution in [0.15, 0.2) is 224 Å². The maximum absolute atomic E-state index is 5.43. The van der Waals surface area contributed by atoms with Gasteiger partial charge in [0.25, 0.3) is 0 Å². The van der Waals surface area contributed by atoms with Crippen LogP contribution in [0.1, 0.15) is 0 Å². The Kier molecular flexibility index (Phi) is 8.42. The van der Waals surface area contributed by atoms with E-state index < -0.39 is 0 Å². The van der Waals surface area contributed by atoms with Gasteiger partial charge in [0, 0.05) is 38.4 Å². The van der Waals surface area contributed by atoms with Crippen LogP contribution in [0.5, 0.6) is 0 Å². The van der Waals surface area contributed by atoms with Gasteiger partial charge in [0.05, 0.1) is 22.1 Å². The maximum Gasteiger partial charge on any atom is 0.238 e. The molecule has 0 fully saturated rings. The van der Waals surface area contributed by atoms with Crippen molar-refractivity contribution < 1.29 is 0 Å². The first-order valence-corrected chi connectivity index (χ1v) is 21.0. The minimum absolute atomic E-state index is 0.550. The molecule has 0 amide bonds. The highest BCUT2D eigenvalue weighted by Gasteiger charge is 2.25. The zero-order valence-electron chi connectivity index (χ0n) is 33.6. The van der Waals surface area contributed by atoms with E-state index in [-0.39, 0.29) is 0 Å². The van der Waals surface area contributed by atoms with Gasteiger partial charge in [-0.3, -0.25) is 4.57 Å². The van der Waals surface area contributed by atoms with E-state index in [1.165, 1.54) is 10.9 Å². The monoisotopic (exact) mass is 791 g/mol. The summed E-state index contributed by atoms with van der Waals surface area (Å²) in [7, 11) is 0. The molecule has 0 aliphatic carbocycles. The number of hydrogen-bond acceptors (Lipinski definition) is 3. The largest absolute Gasteiger partial charge is 0.307 e. The predicted molar refractivity (Wildman–Crippen MR) is 256 cm³/mol. The van der Waals surface area contributed by atoms with Gasteiger partial charge in [-0.25, -0.2) is 4.98 Å². The molecule has 0 saturated heterocycles. The smallest absolute Gasteiger partial charge is 0.238 e. The van der Waals surface area contributed by atoms with Gasteiger partial charge in [-0.1, -0.05) is 200 Å². The van der Waals surface area contributed by atoms with E-state index in [9.17, 15) is 0 Å². The normalized spacial score (nSPS) is 11.5. The van der Waals surface area contributed by atoms with E-state index in [4.69, 9.17) is 15.0 Å². The lowest BCUT2D eigenvalue weighted by molar-refractivity contribution is 0.953. The molecule has 12 aromatic rings. The molecule has 290 valence electrons. The van der Waals surface area contributed by atoms with Gasteiger partial charge >= 0.3 is 0 Å². The lowest BCUT2D eigenvalue weighted by atomic mass is 9.99. The Bertz CT molecular complexity index is 3580. The van der Waals surface area contributed by atoms with Crippen molar-refractivity contribution in [3.63, 3.8) is 0 Å². The van der Waals surface area contributed by atoms with Crippen molar-refractivity contribution in [2.75, 3.05) is 0 Å². The van der Waals surface area contributed by atoms with E-state index in [1.54, 1.807) is 0 Å². The van der Waals surface area contributed by atoms with Crippen molar-refractivity contribution in [1.29, 1.82) is 0 Å². The van der Waals surface area contributed by atoms with Crippen LogP contribution in [0.4, 0.5) is 0 Å². The summed E-state index contributed by atoms with van der Waals surface area (Å²) in [4.78, 5) is 16.0. The van der Waals surface area contributed by atoms with Crippen molar-refractivity contribution in [2.45, 2.75) is 0 Å². The molecule has 0 aliphatic rings. The number of hydrogen-bond donors (Lipinski definition) is 0. The molecular formula is C57H37N5. The average Bonchev–Trinajstić information content (AvgIpc) is 3.88. The van der Waals surface area contributed by atoms with Gasteiger partial charge in [0.15, 0.2) is 11.6 Å². The molecule has 3 aromatic heterocycles. The Hall–Kier alpha value is -8.41. The molecule has 9 aromatic carbocycles. The van der Waals surface area contributed by atoms with Gasteiger partial charge < -0.3 is 4.57 Å². The van der Waals surface area contributed by atoms with Crippen LogP contribution in [0.3, 0.4) is 0 Å². The fourth-order valence-electron chi connectivity index (χ4n) is 9.12. The molecule has 0 atom stereocenters. The molecule has 0 bridgehead atoms. The predicted octanol–water partition coefficient (Wildman–Crippen LogP) is 14.4. The number of rotatable bonds is 7. The van der Waals surface area contributed by atoms with Crippen molar-refractivity contribution in [3.05, 3.63) is 224 Å². The summed E-state index contributed by atoms with van der Waals surface area (Å²) < 4.78 is 4.71. The summed E-state index contributed by atoms with van der Waals surface area (Å²) in [6, 6.07) is 79.2. The van der Waals surface area contributed by atoms with Crippen LogP contribution in [-0.2, 0) is 0 Å². The van der Waals surface area contributed by atoms with Crippen LogP contribution in [0.2, 0.25) is 0 Å². The third kappa shape index (κ3) is 5.90. The van der Waals surface area contributed by atoms with Gasteiger partial charge in [-0.2, -0.15) is 9.97 Å². The van der Waals surface area contributed by atoms with Crippen LogP contribution < -0.4 is 0 Å². The van der Waals surface area contributed by atoms with E-state index >= 15 is 0 Å². The number of nitrogens with zero attached hydrogens (tertiary/aromatic N) is 5. The third-order valence-corrected chi connectivity index (χ3v) is 12.0. The maximum atomic E-state index is 5.43. The van der Waals surface area contributed by atoms with E-state index in [0.29, 0.717) is 17.6 Å². The molecule has 12 rings (SSSR count). The minimum atomic E-state index is 0.550. The molecule has 5 heteroatoms. The lowest BCUT2D eigenvalue weighted by Gasteiger charge is -2.13. The van der Waals surface area contributed by atoms with Crippen LogP contribution in [-0.4, -0.2) is 24.1 Å². The van der Waals surface area contributed by atoms with Crippen molar-refractivity contribution >= 4 is 43.6 Å². The fourth-order valence-corrected chi connectivity index (χ4v) is 9.12. The Morgan fingerprint density at radius 1 is 0.290 bits per heavy atom. The third-order valence-electron chi connectivity index (χ3n) is 12.0. The highest BCUT2D eigenvalue weighted by atomic mass is 15.2. The SMILES string of the molecule is c1ccc(-c2ccc(-c3nc(-c4ccccc4)nc(-n4c5cccc(-c6ccccc6)c5c5ccc6c7ccc(-c8ccccc8)cc7n(-c7ccccc7)c6c54)n3)cc2)cc1. The molecule has 0 N–H and O–H groups in total. The standard InChI is InChI=1S/C57H37N5/c1-6-17-38(18-7-1)40-29-31-43(32-30-40)56-58-55(42-23-12-4-13-24-42)59-57(60-56)62-50-28-16-27-46(41-21-10-3-11-22-41)52(50)49-36-35-48-47-34-33-44(39-19-8-2-9-20-39)37-51(47)61(53(48)54(49)62)45-25-14-5-15-26-45/h1-37H. The Labute approximate surface area is 358 Å². The van der Waals surface area contributed by atoms with Gasteiger partial charge in [-0.15, -0.1) is 0 Å². The molecule has 5 nitrogen and oxygen atoms in total. The zero-order chi connectivity index (χ0) is 41.0. The quantitative estimate of drug-likeness (QED) is 0.162. The van der Waals surface area contributed by atoms with Crippen LogP contribution >= 0.6 is 0 Å². The van der Waals surface area contributed by atoms with E-state index in [0.717, 1.165) is 82.9 Å². The van der Waals surface area contributed by atoms with Crippen molar-refractivity contribution in [2.24, 2.45) is 0 Å². The van der Waals surface area contributed by atoms with Crippen molar-refractivity contribution in [3.8, 4) is 67.8 Å².